The number of benzene rings is 1. The molecule has 6 nitrogen and oxygen atoms in total. The molecule has 0 bridgehead atoms. The molecule has 3 aliphatic rings. The summed E-state index contributed by atoms with van der Waals surface area (Å²) in [6.07, 6.45) is 7.07. The zero-order valence-corrected chi connectivity index (χ0v) is 18.6. The van der Waals surface area contributed by atoms with Crippen LogP contribution in [0.5, 0.6) is 5.75 Å². The molecule has 0 aromatic heterocycles. The van der Waals surface area contributed by atoms with E-state index in [0.717, 1.165) is 57.4 Å². The maximum Gasteiger partial charge on any atom is 0.237 e. The summed E-state index contributed by atoms with van der Waals surface area (Å²) in [5.41, 5.74) is 0. The minimum atomic E-state index is -3.00. The molecule has 2 aliphatic heterocycles. The highest BCUT2D eigenvalue weighted by molar-refractivity contribution is 7.91. The SMILES string of the molecule is O=C(CN1CCCC(COc2ccccc2)C1)N(C1CCCC1)C1CCS(=O)(=O)C1. The van der Waals surface area contributed by atoms with Crippen LogP contribution in [0.4, 0.5) is 0 Å². The topological polar surface area (TPSA) is 66.9 Å². The molecule has 1 saturated carbocycles. The van der Waals surface area contributed by atoms with Gasteiger partial charge in [0.15, 0.2) is 9.84 Å². The number of hydrogen-bond donors (Lipinski definition) is 0. The van der Waals surface area contributed by atoms with E-state index in [1.807, 2.05) is 35.2 Å². The number of carbonyl (C=O) groups is 1. The Morgan fingerprint density at radius 1 is 1.03 bits per heavy atom. The molecule has 2 unspecified atom stereocenters. The number of likely N-dealkylation sites (tertiary alicyclic amines) is 1. The molecule has 7 heteroatoms. The Bertz CT molecular complexity index is 808. The van der Waals surface area contributed by atoms with Crippen molar-refractivity contribution in [1.82, 2.24) is 9.80 Å². The molecule has 1 aromatic rings. The number of ether oxygens (including phenoxy) is 1. The lowest BCUT2D eigenvalue weighted by Crippen LogP contribution is -2.52. The Hall–Kier alpha value is -1.60. The molecule has 30 heavy (non-hydrogen) atoms. The standard InChI is InChI=1S/C23H34N2O4S/c26-23(25(20-8-4-5-9-20)21-12-14-30(27,28)18-21)16-24-13-6-7-19(15-24)17-29-22-10-2-1-3-11-22/h1-3,10-11,19-21H,4-9,12-18H2. The largest absolute Gasteiger partial charge is 0.493 e. The molecule has 0 N–H and O–H groups in total. The predicted molar refractivity (Wildman–Crippen MR) is 117 cm³/mol. The van der Waals surface area contributed by atoms with Gasteiger partial charge in [0.25, 0.3) is 0 Å². The highest BCUT2D eigenvalue weighted by atomic mass is 32.2. The fraction of sp³-hybridized carbons (Fsp3) is 0.696. The number of piperidine rings is 1. The summed E-state index contributed by atoms with van der Waals surface area (Å²) in [5.74, 6) is 1.78. The Morgan fingerprint density at radius 3 is 2.50 bits per heavy atom. The summed E-state index contributed by atoms with van der Waals surface area (Å²) in [6.45, 7) is 2.85. The zero-order chi connectivity index (χ0) is 21.0. The van der Waals surface area contributed by atoms with Crippen LogP contribution in [0.1, 0.15) is 44.9 Å². The van der Waals surface area contributed by atoms with Crippen LogP contribution in [-0.4, -0.2) is 74.0 Å². The summed E-state index contributed by atoms with van der Waals surface area (Å²) in [6, 6.07) is 9.96. The van der Waals surface area contributed by atoms with E-state index in [9.17, 15) is 13.2 Å². The van der Waals surface area contributed by atoms with Crippen molar-refractivity contribution in [2.24, 2.45) is 5.92 Å². The summed E-state index contributed by atoms with van der Waals surface area (Å²) in [7, 11) is -3.00. The molecule has 0 radical (unpaired) electrons. The minimum Gasteiger partial charge on any atom is -0.493 e. The van der Waals surface area contributed by atoms with Crippen molar-refractivity contribution in [3.63, 3.8) is 0 Å². The maximum absolute atomic E-state index is 13.3. The molecule has 4 rings (SSSR count). The van der Waals surface area contributed by atoms with Crippen LogP contribution in [0.2, 0.25) is 0 Å². The first kappa shape index (κ1) is 21.6. The molecule has 2 saturated heterocycles. The number of rotatable bonds is 7. The van der Waals surface area contributed by atoms with E-state index in [1.165, 1.54) is 0 Å². The molecule has 1 amide bonds. The van der Waals surface area contributed by atoms with Gasteiger partial charge in [-0.1, -0.05) is 31.0 Å². The van der Waals surface area contributed by atoms with Gasteiger partial charge in [-0.25, -0.2) is 8.42 Å². The predicted octanol–water partition coefficient (Wildman–Crippen LogP) is 2.74. The van der Waals surface area contributed by atoms with Gasteiger partial charge in [0.05, 0.1) is 24.7 Å². The Balaban J connectivity index is 1.34. The Kier molecular flexibility index (Phi) is 6.98. The third-order valence-electron chi connectivity index (χ3n) is 6.80. The molecule has 2 heterocycles. The fourth-order valence-corrected chi connectivity index (χ4v) is 7.03. The van der Waals surface area contributed by atoms with Crippen LogP contribution >= 0.6 is 0 Å². The van der Waals surface area contributed by atoms with Crippen molar-refractivity contribution in [1.29, 1.82) is 0 Å². The van der Waals surface area contributed by atoms with Gasteiger partial charge in [-0.05, 0) is 50.8 Å². The molecular weight excluding hydrogens is 400 g/mol. The van der Waals surface area contributed by atoms with Crippen LogP contribution < -0.4 is 4.74 Å². The molecule has 0 spiro atoms. The summed E-state index contributed by atoms with van der Waals surface area (Å²) < 4.78 is 30.0. The van der Waals surface area contributed by atoms with Crippen molar-refractivity contribution >= 4 is 15.7 Å². The highest BCUT2D eigenvalue weighted by Gasteiger charge is 2.39. The second kappa shape index (κ2) is 9.69. The minimum absolute atomic E-state index is 0.119. The highest BCUT2D eigenvalue weighted by Crippen LogP contribution is 2.29. The van der Waals surface area contributed by atoms with E-state index in [4.69, 9.17) is 4.74 Å². The Morgan fingerprint density at radius 2 is 1.80 bits per heavy atom. The van der Waals surface area contributed by atoms with E-state index >= 15 is 0 Å². The second-order valence-electron chi connectivity index (χ2n) is 9.16. The second-order valence-corrected chi connectivity index (χ2v) is 11.4. The van der Waals surface area contributed by atoms with Crippen LogP contribution in [-0.2, 0) is 14.6 Å². The number of amides is 1. The van der Waals surface area contributed by atoms with Crippen molar-refractivity contribution in [3.8, 4) is 5.75 Å². The van der Waals surface area contributed by atoms with Gasteiger partial charge in [-0.15, -0.1) is 0 Å². The van der Waals surface area contributed by atoms with Crippen molar-refractivity contribution in [2.75, 3.05) is 37.7 Å². The maximum atomic E-state index is 13.3. The van der Waals surface area contributed by atoms with Crippen LogP contribution in [0.25, 0.3) is 0 Å². The molecule has 2 atom stereocenters. The first-order valence-corrected chi connectivity index (χ1v) is 13.2. The molecule has 3 fully saturated rings. The van der Waals surface area contributed by atoms with Gasteiger partial charge in [-0.3, -0.25) is 9.69 Å². The van der Waals surface area contributed by atoms with Crippen molar-refractivity contribution in [3.05, 3.63) is 30.3 Å². The molecular formula is C23H34N2O4S. The first-order chi connectivity index (χ1) is 14.5. The number of sulfone groups is 1. The summed E-state index contributed by atoms with van der Waals surface area (Å²) >= 11 is 0. The zero-order valence-electron chi connectivity index (χ0n) is 17.7. The summed E-state index contributed by atoms with van der Waals surface area (Å²) in [4.78, 5) is 17.6. The van der Waals surface area contributed by atoms with Gasteiger partial charge in [0, 0.05) is 24.5 Å². The lowest BCUT2D eigenvalue weighted by molar-refractivity contribution is -0.137. The van der Waals surface area contributed by atoms with Crippen molar-refractivity contribution in [2.45, 2.75) is 57.0 Å². The van der Waals surface area contributed by atoms with E-state index < -0.39 is 9.84 Å². The average molecular weight is 435 g/mol. The lowest BCUT2D eigenvalue weighted by atomic mass is 9.99. The van der Waals surface area contributed by atoms with Crippen LogP contribution in [0.15, 0.2) is 30.3 Å². The monoisotopic (exact) mass is 434 g/mol. The average Bonchev–Trinajstić information content (AvgIpc) is 3.38. The number of hydrogen-bond acceptors (Lipinski definition) is 5. The van der Waals surface area contributed by atoms with Crippen LogP contribution in [0.3, 0.4) is 0 Å². The van der Waals surface area contributed by atoms with Gasteiger partial charge in [0.1, 0.15) is 5.75 Å². The molecule has 1 aromatic carbocycles. The smallest absolute Gasteiger partial charge is 0.237 e. The fourth-order valence-electron chi connectivity index (χ4n) is 5.32. The number of para-hydroxylation sites is 1. The first-order valence-electron chi connectivity index (χ1n) is 11.4. The van der Waals surface area contributed by atoms with E-state index in [-0.39, 0.29) is 29.5 Å². The van der Waals surface area contributed by atoms with Crippen molar-refractivity contribution < 1.29 is 17.9 Å². The van der Waals surface area contributed by atoms with E-state index in [2.05, 4.69) is 4.90 Å². The Labute approximate surface area is 180 Å². The number of nitrogens with zero attached hydrogens (tertiary/aromatic N) is 2. The quantitative estimate of drug-likeness (QED) is 0.660. The summed E-state index contributed by atoms with van der Waals surface area (Å²) in [5, 5.41) is 0. The van der Waals surface area contributed by atoms with Gasteiger partial charge in [-0.2, -0.15) is 0 Å². The van der Waals surface area contributed by atoms with Gasteiger partial charge in [0.2, 0.25) is 5.91 Å². The molecule has 1 aliphatic carbocycles. The third kappa shape index (κ3) is 5.55. The number of carbonyl (C=O) groups excluding carboxylic acids is 1. The van der Waals surface area contributed by atoms with E-state index in [0.29, 0.717) is 25.5 Å². The normalized spacial score (nSPS) is 27.2. The van der Waals surface area contributed by atoms with Gasteiger partial charge < -0.3 is 9.64 Å². The third-order valence-corrected chi connectivity index (χ3v) is 8.55. The lowest BCUT2D eigenvalue weighted by Gasteiger charge is -2.38. The molecule has 166 valence electrons. The van der Waals surface area contributed by atoms with E-state index in [1.54, 1.807) is 0 Å². The van der Waals surface area contributed by atoms with Crippen LogP contribution in [0, 0.1) is 5.92 Å². The van der Waals surface area contributed by atoms with Gasteiger partial charge >= 0.3 is 0 Å².